The fraction of sp³-hybridized carbons (Fsp3) is 0.0833. The molecule has 104 valence electrons. The van der Waals surface area contributed by atoms with Crippen molar-refractivity contribution in [1.82, 2.24) is 10.3 Å². The summed E-state index contributed by atoms with van der Waals surface area (Å²) < 4.78 is 0. The zero-order valence-electron chi connectivity index (χ0n) is 10.0. The predicted octanol–water partition coefficient (Wildman–Crippen LogP) is 1.18. The van der Waals surface area contributed by atoms with Gasteiger partial charge in [-0.25, -0.2) is 9.78 Å². The number of carboxylic acid groups (broad SMARTS) is 1. The van der Waals surface area contributed by atoms with Crippen LogP contribution in [0.3, 0.4) is 0 Å². The third-order valence-corrected chi connectivity index (χ3v) is 3.18. The van der Waals surface area contributed by atoms with Gasteiger partial charge in [-0.15, -0.1) is 11.3 Å². The first-order chi connectivity index (χ1) is 9.45. The highest BCUT2D eigenvalue weighted by Crippen LogP contribution is 2.20. The Morgan fingerprint density at radius 1 is 1.20 bits per heavy atom. The van der Waals surface area contributed by atoms with Crippen LogP contribution in [-0.4, -0.2) is 32.2 Å². The second-order valence-corrected chi connectivity index (χ2v) is 4.80. The average molecular weight is 294 g/mol. The summed E-state index contributed by atoms with van der Waals surface area (Å²) in [4.78, 5) is 26.3. The van der Waals surface area contributed by atoms with Crippen molar-refractivity contribution in [3.8, 4) is 11.5 Å². The molecule has 2 aromatic rings. The quantitative estimate of drug-likeness (QED) is 0.672. The normalized spacial score (nSPS) is 10.2. The number of nitrogens with zero attached hydrogens (tertiary/aromatic N) is 1. The minimum atomic E-state index is -1.13. The molecule has 0 radical (unpaired) electrons. The molecule has 7 nitrogen and oxygen atoms in total. The van der Waals surface area contributed by atoms with Gasteiger partial charge in [0.05, 0.1) is 6.54 Å². The maximum Gasteiger partial charge on any atom is 0.355 e. The lowest BCUT2D eigenvalue weighted by molar-refractivity contribution is 0.0691. The van der Waals surface area contributed by atoms with Crippen molar-refractivity contribution in [2.24, 2.45) is 0 Å². The van der Waals surface area contributed by atoms with Crippen molar-refractivity contribution in [1.29, 1.82) is 0 Å². The van der Waals surface area contributed by atoms with Crippen molar-refractivity contribution in [2.45, 2.75) is 6.54 Å². The fourth-order valence-corrected chi connectivity index (χ4v) is 2.18. The van der Waals surface area contributed by atoms with Crippen molar-refractivity contribution < 1.29 is 24.9 Å². The first kappa shape index (κ1) is 13.8. The Morgan fingerprint density at radius 3 is 2.40 bits per heavy atom. The monoisotopic (exact) mass is 294 g/mol. The number of aromatic nitrogens is 1. The standard InChI is InChI=1S/C12H10N2O5S/c15-7-1-6(2-8(16)3-7)11(17)13-4-10-14-9(5-20-10)12(18)19/h1-3,5,15-16H,4H2,(H,13,17)(H,18,19). The lowest BCUT2D eigenvalue weighted by Crippen LogP contribution is -2.22. The number of hydrogen-bond acceptors (Lipinski definition) is 6. The second-order valence-electron chi connectivity index (χ2n) is 3.85. The molecule has 0 bridgehead atoms. The van der Waals surface area contributed by atoms with Crippen molar-refractivity contribution in [2.75, 3.05) is 0 Å². The van der Waals surface area contributed by atoms with Crippen LogP contribution in [0.15, 0.2) is 23.6 Å². The molecule has 1 heterocycles. The average Bonchev–Trinajstić information content (AvgIpc) is 2.83. The molecule has 1 amide bonds. The summed E-state index contributed by atoms with van der Waals surface area (Å²) in [5.41, 5.74) is 0.0202. The van der Waals surface area contributed by atoms with E-state index < -0.39 is 11.9 Å². The number of phenolic OH excluding ortho intramolecular Hbond substituents is 2. The first-order valence-electron chi connectivity index (χ1n) is 5.44. The number of aromatic carboxylic acids is 1. The summed E-state index contributed by atoms with van der Waals surface area (Å²) >= 11 is 1.12. The van der Waals surface area contributed by atoms with Crippen LogP contribution in [0.5, 0.6) is 11.5 Å². The summed E-state index contributed by atoms with van der Waals surface area (Å²) in [6.07, 6.45) is 0. The zero-order valence-corrected chi connectivity index (χ0v) is 10.8. The van der Waals surface area contributed by atoms with Crippen LogP contribution >= 0.6 is 11.3 Å². The van der Waals surface area contributed by atoms with Gasteiger partial charge in [-0.1, -0.05) is 0 Å². The molecule has 0 aliphatic carbocycles. The number of carbonyl (C=O) groups is 2. The number of carbonyl (C=O) groups excluding carboxylic acids is 1. The van der Waals surface area contributed by atoms with E-state index in [1.54, 1.807) is 0 Å². The highest BCUT2D eigenvalue weighted by atomic mass is 32.1. The molecule has 0 aliphatic heterocycles. The van der Waals surface area contributed by atoms with Gasteiger partial charge in [-0.3, -0.25) is 4.79 Å². The van der Waals surface area contributed by atoms with E-state index in [2.05, 4.69) is 10.3 Å². The van der Waals surface area contributed by atoms with E-state index in [1.165, 1.54) is 17.5 Å². The topological polar surface area (TPSA) is 120 Å². The van der Waals surface area contributed by atoms with Gasteiger partial charge < -0.3 is 20.6 Å². The van der Waals surface area contributed by atoms with Gasteiger partial charge in [0.1, 0.15) is 16.5 Å². The van der Waals surface area contributed by atoms with Crippen LogP contribution in [0.2, 0.25) is 0 Å². The molecule has 0 saturated carbocycles. The number of phenols is 2. The number of nitrogens with one attached hydrogen (secondary N) is 1. The molecule has 1 aromatic carbocycles. The van der Waals surface area contributed by atoms with E-state index in [1.807, 2.05) is 0 Å². The Morgan fingerprint density at radius 2 is 1.85 bits per heavy atom. The molecule has 4 N–H and O–H groups in total. The zero-order chi connectivity index (χ0) is 14.7. The molecule has 2 rings (SSSR count). The van der Waals surface area contributed by atoms with E-state index >= 15 is 0 Å². The molecule has 0 atom stereocenters. The number of aromatic hydroxyl groups is 2. The van der Waals surface area contributed by atoms with E-state index in [4.69, 9.17) is 5.11 Å². The molecule has 0 unspecified atom stereocenters. The predicted molar refractivity (Wildman–Crippen MR) is 70.0 cm³/mol. The molecule has 0 aliphatic rings. The molecular weight excluding hydrogens is 284 g/mol. The Labute approximate surface area is 117 Å². The Balaban J connectivity index is 2.02. The van der Waals surface area contributed by atoms with Crippen molar-refractivity contribution >= 4 is 23.2 Å². The Hall–Kier alpha value is -2.61. The van der Waals surface area contributed by atoms with E-state index in [9.17, 15) is 19.8 Å². The van der Waals surface area contributed by atoms with E-state index in [0.717, 1.165) is 17.4 Å². The number of carboxylic acids is 1. The number of rotatable bonds is 4. The molecule has 0 spiro atoms. The van der Waals surface area contributed by atoms with E-state index in [0.29, 0.717) is 5.01 Å². The molecule has 20 heavy (non-hydrogen) atoms. The van der Waals surface area contributed by atoms with Crippen molar-refractivity contribution in [3.63, 3.8) is 0 Å². The SMILES string of the molecule is O=C(NCc1nc(C(=O)O)cs1)c1cc(O)cc(O)c1. The number of benzene rings is 1. The lowest BCUT2D eigenvalue weighted by atomic mass is 10.2. The van der Waals surface area contributed by atoms with Gasteiger partial charge in [-0.05, 0) is 12.1 Å². The largest absolute Gasteiger partial charge is 0.508 e. The van der Waals surface area contributed by atoms with Crippen LogP contribution in [0.25, 0.3) is 0 Å². The van der Waals surface area contributed by atoms with Crippen LogP contribution in [0.1, 0.15) is 25.9 Å². The molecular formula is C12H10N2O5S. The summed E-state index contributed by atoms with van der Waals surface area (Å²) in [6, 6.07) is 3.52. The number of hydrogen-bond donors (Lipinski definition) is 4. The Kier molecular flexibility index (Phi) is 3.85. The third-order valence-electron chi connectivity index (χ3n) is 2.34. The number of amides is 1. The van der Waals surface area contributed by atoms with Gasteiger partial charge in [0.2, 0.25) is 0 Å². The van der Waals surface area contributed by atoms with Gasteiger partial charge in [0.25, 0.3) is 5.91 Å². The smallest absolute Gasteiger partial charge is 0.355 e. The molecule has 0 fully saturated rings. The highest BCUT2D eigenvalue weighted by molar-refractivity contribution is 7.09. The third kappa shape index (κ3) is 3.23. The molecule has 1 aromatic heterocycles. The fourth-order valence-electron chi connectivity index (χ4n) is 1.47. The summed E-state index contributed by atoms with van der Waals surface area (Å²) in [6.45, 7) is 0.0627. The Bertz CT molecular complexity index is 647. The van der Waals surface area contributed by atoms with Gasteiger partial charge in [0, 0.05) is 17.0 Å². The maximum atomic E-state index is 11.8. The van der Waals surface area contributed by atoms with Gasteiger partial charge in [0.15, 0.2) is 5.69 Å². The van der Waals surface area contributed by atoms with Crippen molar-refractivity contribution in [3.05, 3.63) is 39.8 Å². The molecule has 8 heteroatoms. The summed E-state index contributed by atoms with van der Waals surface area (Å²) in [5, 5.41) is 31.6. The first-order valence-corrected chi connectivity index (χ1v) is 6.32. The lowest BCUT2D eigenvalue weighted by Gasteiger charge is -2.04. The maximum absolute atomic E-state index is 11.8. The van der Waals surface area contributed by atoms with Gasteiger partial charge >= 0.3 is 5.97 Å². The van der Waals surface area contributed by atoms with Crippen LogP contribution in [-0.2, 0) is 6.54 Å². The summed E-state index contributed by atoms with van der Waals surface area (Å²) in [7, 11) is 0. The minimum Gasteiger partial charge on any atom is -0.508 e. The van der Waals surface area contributed by atoms with Crippen LogP contribution in [0, 0.1) is 0 Å². The summed E-state index contributed by atoms with van der Waals surface area (Å²) in [5.74, 6) is -2.09. The van der Waals surface area contributed by atoms with Crippen LogP contribution < -0.4 is 5.32 Å². The second kappa shape index (κ2) is 5.57. The highest BCUT2D eigenvalue weighted by Gasteiger charge is 2.11. The van der Waals surface area contributed by atoms with Gasteiger partial charge in [-0.2, -0.15) is 0 Å². The van der Waals surface area contributed by atoms with E-state index in [-0.39, 0.29) is 29.3 Å². The number of thiazole rings is 1. The minimum absolute atomic E-state index is 0.0627. The molecule has 0 saturated heterocycles. The van der Waals surface area contributed by atoms with Crippen LogP contribution in [0.4, 0.5) is 0 Å².